The van der Waals surface area contributed by atoms with Crippen molar-refractivity contribution in [3.05, 3.63) is 46.1 Å². The molecule has 2 aromatic heterocycles. The van der Waals surface area contributed by atoms with E-state index in [2.05, 4.69) is 16.0 Å². The van der Waals surface area contributed by atoms with Gasteiger partial charge in [0.25, 0.3) is 0 Å². The van der Waals surface area contributed by atoms with Crippen molar-refractivity contribution in [2.75, 3.05) is 0 Å². The zero-order valence-corrected chi connectivity index (χ0v) is 10.9. The molecule has 0 saturated heterocycles. The first-order valence-electron chi connectivity index (χ1n) is 4.91. The third-order valence-corrected chi connectivity index (χ3v) is 3.80. The van der Waals surface area contributed by atoms with E-state index in [-0.39, 0.29) is 5.28 Å². The lowest BCUT2D eigenvalue weighted by Crippen LogP contribution is -1.87. The standard InChI is InChI=1S/C12H6Cl2N2S/c13-11-8-6-7(10-2-1-5-17-10)3-4-9(8)15-12(14)16-11/h1-6H. The maximum atomic E-state index is 6.06. The third kappa shape index (κ3) is 2.02. The summed E-state index contributed by atoms with van der Waals surface area (Å²) in [5.41, 5.74) is 1.87. The second-order valence-corrected chi connectivity index (χ2v) is 5.14. The van der Waals surface area contributed by atoms with Gasteiger partial charge in [-0.2, -0.15) is 0 Å². The molecular weight excluding hydrogens is 275 g/mol. The highest BCUT2D eigenvalue weighted by molar-refractivity contribution is 7.13. The molecule has 17 heavy (non-hydrogen) atoms. The van der Waals surface area contributed by atoms with E-state index in [4.69, 9.17) is 23.2 Å². The van der Waals surface area contributed by atoms with E-state index in [0.29, 0.717) is 5.15 Å². The molecule has 0 atom stereocenters. The molecule has 0 aliphatic carbocycles. The van der Waals surface area contributed by atoms with Gasteiger partial charge in [-0.3, -0.25) is 0 Å². The van der Waals surface area contributed by atoms with Gasteiger partial charge in [-0.15, -0.1) is 11.3 Å². The van der Waals surface area contributed by atoms with Gasteiger partial charge in [0.1, 0.15) is 5.15 Å². The minimum Gasteiger partial charge on any atom is -0.218 e. The molecule has 2 heterocycles. The summed E-state index contributed by atoms with van der Waals surface area (Å²) in [7, 11) is 0. The second kappa shape index (κ2) is 4.26. The summed E-state index contributed by atoms with van der Waals surface area (Å²) >= 11 is 13.5. The van der Waals surface area contributed by atoms with Crippen LogP contribution >= 0.6 is 34.5 Å². The largest absolute Gasteiger partial charge is 0.224 e. The van der Waals surface area contributed by atoms with Gasteiger partial charge in [0.2, 0.25) is 5.28 Å². The summed E-state index contributed by atoms with van der Waals surface area (Å²) in [6.07, 6.45) is 0. The van der Waals surface area contributed by atoms with E-state index in [1.165, 1.54) is 4.88 Å². The molecule has 0 amide bonds. The lowest BCUT2D eigenvalue weighted by Gasteiger charge is -2.03. The first kappa shape index (κ1) is 11.0. The number of nitrogens with zero attached hydrogens (tertiary/aromatic N) is 2. The Hall–Kier alpha value is -1.16. The highest BCUT2D eigenvalue weighted by Crippen LogP contribution is 2.30. The smallest absolute Gasteiger partial charge is 0.218 e. The zero-order valence-electron chi connectivity index (χ0n) is 8.52. The number of hydrogen-bond donors (Lipinski definition) is 0. The van der Waals surface area contributed by atoms with Crippen LogP contribution in [0.25, 0.3) is 21.3 Å². The van der Waals surface area contributed by atoms with Crippen LogP contribution < -0.4 is 0 Å². The van der Waals surface area contributed by atoms with E-state index in [1.807, 2.05) is 29.6 Å². The fourth-order valence-corrected chi connectivity index (χ4v) is 2.83. The van der Waals surface area contributed by atoms with E-state index in [0.717, 1.165) is 16.5 Å². The molecule has 0 unspecified atom stereocenters. The Morgan fingerprint density at radius 3 is 2.71 bits per heavy atom. The van der Waals surface area contributed by atoms with Gasteiger partial charge in [0.05, 0.1) is 5.52 Å². The van der Waals surface area contributed by atoms with Crippen LogP contribution in [0.2, 0.25) is 10.4 Å². The lowest BCUT2D eigenvalue weighted by molar-refractivity contribution is 1.22. The molecule has 0 bridgehead atoms. The molecule has 84 valence electrons. The predicted octanol–water partition coefficient (Wildman–Crippen LogP) is 4.67. The summed E-state index contributed by atoms with van der Waals surface area (Å²) in [6, 6.07) is 9.98. The third-order valence-electron chi connectivity index (χ3n) is 2.43. The number of halogens is 2. The van der Waals surface area contributed by atoms with Crippen molar-refractivity contribution in [3.63, 3.8) is 0 Å². The van der Waals surface area contributed by atoms with Crippen molar-refractivity contribution >= 4 is 45.4 Å². The fraction of sp³-hybridized carbons (Fsp3) is 0. The number of thiophene rings is 1. The maximum absolute atomic E-state index is 6.06. The molecule has 0 aliphatic heterocycles. The van der Waals surface area contributed by atoms with Crippen LogP contribution in [-0.2, 0) is 0 Å². The van der Waals surface area contributed by atoms with Gasteiger partial charge in [-0.05, 0) is 40.7 Å². The molecule has 0 N–H and O–H groups in total. The van der Waals surface area contributed by atoms with Crippen molar-refractivity contribution in [2.24, 2.45) is 0 Å². The Morgan fingerprint density at radius 2 is 1.94 bits per heavy atom. The Labute approximate surface area is 112 Å². The molecule has 0 aliphatic rings. The van der Waals surface area contributed by atoms with Crippen molar-refractivity contribution in [3.8, 4) is 10.4 Å². The van der Waals surface area contributed by atoms with E-state index >= 15 is 0 Å². The van der Waals surface area contributed by atoms with Crippen molar-refractivity contribution < 1.29 is 0 Å². The Bertz CT molecular complexity index is 680. The Morgan fingerprint density at radius 1 is 1.06 bits per heavy atom. The number of benzene rings is 1. The van der Waals surface area contributed by atoms with E-state index in [9.17, 15) is 0 Å². The van der Waals surface area contributed by atoms with Gasteiger partial charge >= 0.3 is 0 Å². The summed E-state index contributed by atoms with van der Waals surface area (Å²) < 4.78 is 0. The molecular formula is C12H6Cl2N2S. The van der Waals surface area contributed by atoms with Crippen LogP contribution in [0.3, 0.4) is 0 Å². The Kier molecular flexibility index (Phi) is 2.74. The first-order valence-corrected chi connectivity index (χ1v) is 6.54. The molecule has 0 saturated carbocycles. The van der Waals surface area contributed by atoms with Crippen LogP contribution in [0.15, 0.2) is 35.7 Å². The highest BCUT2D eigenvalue weighted by atomic mass is 35.5. The number of fused-ring (bicyclic) bond motifs is 1. The number of rotatable bonds is 1. The summed E-state index contributed by atoms with van der Waals surface area (Å²) in [5.74, 6) is 0. The first-order chi connectivity index (χ1) is 8.24. The highest BCUT2D eigenvalue weighted by Gasteiger charge is 2.07. The average molecular weight is 281 g/mol. The molecule has 3 rings (SSSR count). The van der Waals surface area contributed by atoms with Crippen LogP contribution in [-0.4, -0.2) is 9.97 Å². The zero-order chi connectivity index (χ0) is 11.8. The van der Waals surface area contributed by atoms with E-state index in [1.54, 1.807) is 11.3 Å². The fourth-order valence-electron chi connectivity index (χ4n) is 1.66. The second-order valence-electron chi connectivity index (χ2n) is 3.49. The minimum absolute atomic E-state index is 0.173. The molecule has 1 aromatic carbocycles. The maximum Gasteiger partial charge on any atom is 0.224 e. The van der Waals surface area contributed by atoms with Crippen LogP contribution in [0.1, 0.15) is 0 Å². The molecule has 0 fully saturated rings. The van der Waals surface area contributed by atoms with Crippen LogP contribution in [0.4, 0.5) is 0 Å². The van der Waals surface area contributed by atoms with Crippen molar-refractivity contribution in [1.29, 1.82) is 0 Å². The van der Waals surface area contributed by atoms with Crippen LogP contribution in [0, 0.1) is 0 Å². The summed E-state index contributed by atoms with van der Waals surface area (Å²) in [4.78, 5) is 9.27. The average Bonchev–Trinajstić information content (AvgIpc) is 2.82. The van der Waals surface area contributed by atoms with Crippen LogP contribution in [0.5, 0.6) is 0 Å². The van der Waals surface area contributed by atoms with Gasteiger partial charge in [0, 0.05) is 10.3 Å². The molecule has 0 radical (unpaired) electrons. The Balaban J connectivity index is 2.26. The van der Waals surface area contributed by atoms with E-state index < -0.39 is 0 Å². The lowest BCUT2D eigenvalue weighted by atomic mass is 10.1. The quantitative estimate of drug-likeness (QED) is 0.478. The molecule has 3 aromatic rings. The van der Waals surface area contributed by atoms with Gasteiger partial charge in [0.15, 0.2) is 0 Å². The summed E-state index contributed by atoms with van der Waals surface area (Å²) in [6.45, 7) is 0. The van der Waals surface area contributed by atoms with Gasteiger partial charge in [-0.25, -0.2) is 9.97 Å². The minimum atomic E-state index is 0.173. The molecule has 2 nitrogen and oxygen atoms in total. The molecule has 5 heteroatoms. The van der Waals surface area contributed by atoms with Crippen molar-refractivity contribution in [1.82, 2.24) is 9.97 Å². The topological polar surface area (TPSA) is 25.8 Å². The molecule has 0 spiro atoms. The van der Waals surface area contributed by atoms with Gasteiger partial charge in [-0.1, -0.05) is 23.7 Å². The van der Waals surface area contributed by atoms with Gasteiger partial charge < -0.3 is 0 Å². The number of hydrogen-bond acceptors (Lipinski definition) is 3. The summed E-state index contributed by atoms with van der Waals surface area (Å²) in [5, 5.41) is 3.42. The number of aromatic nitrogens is 2. The normalized spacial score (nSPS) is 10.9. The monoisotopic (exact) mass is 280 g/mol. The predicted molar refractivity (Wildman–Crippen MR) is 72.9 cm³/mol. The SMILES string of the molecule is Clc1nc(Cl)c2cc(-c3cccs3)ccc2n1. The van der Waals surface area contributed by atoms with Crippen molar-refractivity contribution in [2.45, 2.75) is 0 Å².